The van der Waals surface area contributed by atoms with Crippen LogP contribution >= 0.6 is 0 Å². The van der Waals surface area contributed by atoms with Crippen LogP contribution in [0.1, 0.15) is 29.0 Å². The highest BCUT2D eigenvalue weighted by molar-refractivity contribution is 5.94. The van der Waals surface area contributed by atoms with Crippen molar-refractivity contribution < 1.29 is 4.79 Å². The van der Waals surface area contributed by atoms with Crippen LogP contribution in [0.15, 0.2) is 34.5 Å². The van der Waals surface area contributed by atoms with Gasteiger partial charge in [-0.05, 0) is 23.5 Å². The monoisotopic (exact) mass is 216 g/mol. The summed E-state index contributed by atoms with van der Waals surface area (Å²) in [5.41, 5.74) is 17.7. The number of carbonyl (C=O) groups excluding carboxylic acids is 1. The van der Waals surface area contributed by atoms with E-state index < -0.39 is 6.17 Å². The average molecular weight is 216 g/mol. The number of rotatable bonds is 4. The van der Waals surface area contributed by atoms with Gasteiger partial charge in [0.1, 0.15) is 6.17 Å². The van der Waals surface area contributed by atoms with E-state index in [1.54, 1.807) is 24.3 Å². The first-order valence-electron chi connectivity index (χ1n) is 4.38. The molecule has 0 amide bonds. The minimum Gasteiger partial charge on any atom is -0.295 e. The highest BCUT2D eigenvalue weighted by atomic mass is 16.1. The molecule has 1 aromatic rings. The summed E-state index contributed by atoms with van der Waals surface area (Å²) >= 11 is 0. The maximum absolute atomic E-state index is 11.0. The van der Waals surface area contributed by atoms with Gasteiger partial charge in [-0.15, -0.1) is 0 Å². The van der Waals surface area contributed by atoms with Crippen molar-refractivity contribution in [2.45, 2.75) is 13.1 Å². The maximum Gasteiger partial charge on any atom is 0.159 e. The van der Waals surface area contributed by atoms with Gasteiger partial charge in [0, 0.05) is 15.4 Å². The molecule has 7 heteroatoms. The predicted octanol–water partition coefficient (Wildman–Crippen LogP) is 3.51. The Balaban J connectivity index is 3.07. The Hall–Kier alpha value is -2.49. The van der Waals surface area contributed by atoms with E-state index in [1.807, 2.05) is 0 Å². The van der Waals surface area contributed by atoms with E-state index in [9.17, 15) is 4.79 Å². The van der Waals surface area contributed by atoms with Crippen molar-refractivity contribution in [3.8, 4) is 0 Å². The van der Waals surface area contributed by atoms with E-state index in [0.29, 0.717) is 11.1 Å². The van der Waals surface area contributed by atoms with Gasteiger partial charge in [0.05, 0.1) is 0 Å². The molecule has 0 fully saturated rings. The third-order valence-corrected chi connectivity index (χ3v) is 1.94. The molecular formula is C9H8N6O. The molecule has 0 aliphatic rings. The molecule has 0 atom stereocenters. The van der Waals surface area contributed by atoms with Crippen molar-refractivity contribution in [1.82, 2.24) is 0 Å². The number of benzene rings is 1. The molecule has 0 N–H and O–H groups in total. The van der Waals surface area contributed by atoms with E-state index in [1.165, 1.54) is 6.92 Å². The number of ketones is 1. The fourth-order valence-corrected chi connectivity index (χ4v) is 1.14. The van der Waals surface area contributed by atoms with Crippen LogP contribution in [0.2, 0.25) is 0 Å². The van der Waals surface area contributed by atoms with E-state index in [4.69, 9.17) is 11.1 Å². The second-order valence-electron chi connectivity index (χ2n) is 2.96. The predicted molar refractivity (Wildman–Crippen MR) is 57.5 cm³/mol. The van der Waals surface area contributed by atoms with Crippen molar-refractivity contribution >= 4 is 5.78 Å². The van der Waals surface area contributed by atoms with Gasteiger partial charge in [0.15, 0.2) is 5.78 Å². The lowest BCUT2D eigenvalue weighted by Gasteiger charge is -2.04. The molecule has 0 aromatic heterocycles. The van der Waals surface area contributed by atoms with Crippen LogP contribution in [-0.4, -0.2) is 5.78 Å². The lowest BCUT2D eigenvalue weighted by Crippen LogP contribution is -1.94. The molecule has 0 aliphatic heterocycles. The van der Waals surface area contributed by atoms with Crippen molar-refractivity contribution in [3.63, 3.8) is 0 Å². The Morgan fingerprint density at radius 2 is 1.69 bits per heavy atom. The van der Waals surface area contributed by atoms with Gasteiger partial charge in [-0.2, -0.15) is 0 Å². The molecule has 1 rings (SSSR count). The molecule has 0 saturated heterocycles. The zero-order valence-corrected chi connectivity index (χ0v) is 8.48. The maximum atomic E-state index is 11.0. The zero-order chi connectivity index (χ0) is 12.0. The lowest BCUT2D eigenvalue weighted by molar-refractivity contribution is 0.101. The minimum absolute atomic E-state index is 0.0596. The number of nitrogens with zero attached hydrogens (tertiary/aromatic N) is 6. The lowest BCUT2D eigenvalue weighted by atomic mass is 10.1. The minimum atomic E-state index is -0.920. The largest absolute Gasteiger partial charge is 0.295 e. The molecule has 0 radical (unpaired) electrons. The molecular weight excluding hydrogens is 208 g/mol. The smallest absolute Gasteiger partial charge is 0.159 e. The van der Waals surface area contributed by atoms with Crippen LogP contribution in [0.5, 0.6) is 0 Å². The summed E-state index contributed by atoms with van der Waals surface area (Å²) in [5.74, 6) is -0.0596. The second-order valence-corrected chi connectivity index (χ2v) is 2.96. The van der Waals surface area contributed by atoms with Crippen molar-refractivity contribution in [2.75, 3.05) is 0 Å². The Morgan fingerprint density at radius 1 is 1.19 bits per heavy atom. The summed E-state index contributed by atoms with van der Waals surface area (Å²) in [6.45, 7) is 1.45. The van der Waals surface area contributed by atoms with Crippen LogP contribution in [0.3, 0.4) is 0 Å². The van der Waals surface area contributed by atoms with Gasteiger partial charge in [-0.25, -0.2) is 0 Å². The quantitative estimate of drug-likeness (QED) is 0.325. The van der Waals surface area contributed by atoms with Gasteiger partial charge >= 0.3 is 0 Å². The van der Waals surface area contributed by atoms with Gasteiger partial charge in [-0.1, -0.05) is 34.5 Å². The molecule has 0 unspecified atom stereocenters. The Bertz CT molecular complexity index is 463. The van der Waals surface area contributed by atoms with Crippen LogP contribution in [0.4, 0.5) is 0 Å². The first-order valence-corrected chi connectivity index (χ1v) is 4.38. The third-order valence-electron chi connectivity index (χ3n) is 1.94. The Kier molecular flexibility index (Phi) is 3.91. The summed E-state index contributed by atoms with van der Waals surface area (Å²) in [6.07, 6.45) is -0.920. The van der Waals surface area contributed by atoms with Gasteiger partial charge in [0.25, 0.3) is 0 Å². The molecule has 0 aliphatic carbocycles. The van der Waals surface area contributed by atoms with Crippen molar-refractivity contribution in [3.05, 3.63) is 56.3 Å². The first kappa shape index (κ1) is 11.6. The Labute approximate surface area is 91.0 Å². The summed E-state index contributed by atoms with van der Waals surface area (Å²) in [6, 6.07) is 6.35. The molecule has 16 heavy (non-hydrogen) atoms. The number of carbonyl (C=O) groups is 1. The molecule has 1 aromatic carbocycles. The molecule has 0 saturated carbocycles. The van der Waals surface area contributed by atoms with E-state index >= 15 is 0 Å². The molecule has 80 valence electrons. The number of azide groups is 1. The topological polar surface area (TPSA) is 115 Å². The van der Waals surface area contributed by atoms with Crippen LogP contribution < -0.4 is 0 Å². The fraction of sp³-hybridized carbons (Fsp3) is 0.222. The Morgan fingerprint density at radius 3 is 2.06 bits per heavy atom. The van der Waals surface area contributed by atoms with Gasteiger partial charge < -0.3 is 0 Å². The normalized spacial score (nSPS) is 10.8. The zero-order valence-electron chi connectivity index (χ0n) is 8.48. The average Bonchev–Trinajstić information content (AvgIpc) is 2.29. The fourth-order valence-electron chi connectivity index (χ4n) is 1.14. The third kappa shape index (κ3) is 2.75. The summed E-state index contributed by atoms with van der Waals surface area (Å²) in [5, 5.41) is 6.67. The summed E-state index contributed by atoms with van der Waals surface area (Å²) in [4.78, 5) is 16.2. The SMILES string of the molecule is CC(=O)c1ccc(C(N=[N+]=[N-])N=[N+]=[N-])cc1. The van der Waals surface area contributed by atoms with Gasteiger partial charge in [-0.3, -0.25) is 4.79 Å². The molecule has 0 bridgehead atoms. The molecule has 0 heterocycles. The van der Waals surface area contributed by atoms with E-state index in [0.717, 1.165) is 0 Å². The van der Waals surface area contributed by atoms with Crippen molar-refractivity contribution in [1.29, 1.82) is 0 Å². The number of hydrogen-bond donors (Lipinski definition) is 0. The number of Topliss-reactive ketones (excluding diaryl/α,β-unsaturated/α-hetero) is 1. The first-order chi connectivity index (χ1) is 7.69. The van der Waals surface area contributed by atoms with Crippen LogP contribution in [0, 0.1) is 0 Å². The van der Waals surface area contributed by atoms with Crippen LogP contribution in [-0.2, 0) is 0 Å². The van der Waals surface area contributed by atoms with Crippen molar-refractivity contribution in [2.24, 2.45) is 10.2 Å². The second kappa shape index (κ2) is 5.41. The standard InChI is InChI=1S/C9H8N6O/c1-6(16)7-2-4-8(5-3-7)9(12-14-10)13-15-11/h2-5,9H,1H3. The van der Waals surface area contributed by atoms with E-state index in [2.05, 4.69) is 20.1 Å². The molecule has 0 spiro atoms. The van der Waals surface area contributed by atoms with Gasteiger partial charge in [0.2, 0.25) is 0 Å². The molecule has 7 nitrogen and oxygen atoms in total. The summed E-state index contributed by atoms with van der Waals surface area (Å²) < 4.78 is 0. The van der Waals surface area contributed by atoms with Crippen LogP contribution in [0.25, 0.3) is 20.9 Å². The van der Waals surface area contributed by atoms with E-state index in [-0.39, 0.29) is 5.78 Å². The summed E-state index contributed by atoms with van der Waals surface area (Å²) in [7, 11) is 0. The number of hydrogen-bond acceptors (Lipinski definition) is 3. The highest BCUT2D eigenvalue weighted by Gasteiger charge is 2.07. The highest BCUT2D eigenvalue weighted by Crippen LogP contribution is 2.20.